The Kier molecular flexibility index (Phi) is 7.73. The fourth-order valence-electron chi connectivity index (χ4n) is 3.65. The molecule has 0 radical (unpaired) electrons. The van der Waals surface area contributed by atoms with E-state index in [0.29, 0.717) is 36.6 Å². The number of alkyl halides is 5. The zero-order chi connectivity index (χ0) is 23.5. The first-order valence-electron chi connectivity index (χ1n) is 9.85. The number of nitrogens with zero attached hydrogens (tertiary/aromatic N) is 1. The normalized spacial score (nSPS) is 20.4. The number of aliphatic hydroxyl groups excluding tert-OH is 1. The fraction of sp³-hybridized carbons (Fsp3) is 0.500. The number of benzene rings is 1. The van der Waals surface area contributed by atoms with Gasteiger partial charge >= 0.3 is 12.8 Å². The third-order valence-corrected chi connectivity index (χ3v) is 5.59. The number of carbonyl (C=O) groups excluding carboxylic acids is 1. The average molecular weight is 484 g/mol. The molecule has 1 aromatic heterocycles. The maximum atomic E-state index is 12.8. The van der Waals surface area contributed by atoms with Crippen LogP contribution in [-0.2, 0) is 0 Å². The molecule has 1 atom stereocenters. The van der Waals surface area contributed by atoms with Crippen LogP contribution in [0, 0.1) is 0 Å². The van der Waals surface area contributed by atoms with Crippen molar-refractivity contribution in [2.24, 2.45) is 0 Å². The van der Waals surface area contributed by atoms with Crippen LogP contribution in [0.1, 0.15) is 37.5 Å². The quantitative estimate of drug-likeness (QED) is 0.512. The minimum Gasteiger partial charge on any atom is -0.433 e. The van der Waals surface area contributed by atoms with Gasteiger partial charge in [-0.1, -0.05) is 11.6 Å². The number of rotatable bonds is 7. The molecule has 178 valence electrons. The molecule has 6 nitrogen and oxygen atoms in total. The summed E-state index contributed by atoms with van der Waals surface area (Å²) in [7, 11) is 0. The van der Waals surface area contributed by atoms with E-state index in [-0.39, 0.29) is 23.8 Å². The van der Waals surface area contributed by atoms with E-state index < -0.39 is 37.4 Å². The van der Waals surface area contributed by atoms with Crippen LogP contribution in [0.4, 0.5) is 22.0 Å². The molecule has 0 aliphatic heterocycles. The second-order valence-electron chi connectivity index (χ2n) is 7.54. The lowest BCUT2D eigenvalue weighted by atomic mass is 9.90. The highest BCUT2D eigenvalue weighted by atomic mass is 35.5. The molecular formula is C20H23ClF5N3O3. The molecule has 2 aromatic rings. The molecule has 12 heteroatoms. The van der Waals surface area contributed by atoms with Crippen molar-refractivity contribution in [1.29, 1.82) is 0 Å². The van der Waals surface area contributed by atoms with Crippen LogP contribution >= 0.6 is 11.6 Å². The maximum Gasteiger partial charge on any atom is 0.406 e. The van der Waals surface area contributed by atoms with E-state index in [9.17, 15) is 26.7 Å². The van der Waals surface area contributed by atoms with Crippen LogP contribution in [0.3, 0.4) is 0 Å². The molecule has 3 N–H and O–H groups in total. The Hall–Kier alpha value is -2.24. The molecule has 1 heterocycles. The highest BCUT2D eigenvalue weighted by Gasteiger charge is 2.40. The van der Waals surface area contributed by atoms with E-state index in [1.165, 1.54) is 24.4 Å². The van der Waals surface area contributed by atoms with Crippen LogP contribution in [0.5, 0.6) is 5.75 Å². The standard InChI is InChI=1S/C20H21ClF5N3O3.H2/c21-14-6-10-5-11(8-27-15(10)7-16(14)32-19(22)23)18(31)29-13-3-1-12(2-4-13)28-17(9-30)20(24,25)26;/h5-8,12-13,17,19,28,30H,1-4,9H2,(H,29,31);1H/t12?,13?,17-;/m0./s1. The number of pyridine rings is 1. The molecule has 1 aliphatic rings. The van der Waals surface area contributed by atoms with Gasteiger partial charge < -0.3 is 20.5 Å². The summed E-state index contributed by atoms with van der Waals surface area (Å²) < 4.78 is 67.6. The number of hydrogen-bond acceptors (Lipinski definition) is 5. The van der Waals surface area contributed by atoms with Gasteiger partial charge in [0.2, 0.25) is 0 Å². The van der Waals surface area contributed by atoms with Gasteiger partial charge in [0.25, 0.3) is 5.91 Å². The van der Waals surface area contributed by atoms with Gasteiger partial charge in [-0.25, -0.2) is 0 Å². The second kappa shape index (κ2) is 10.1. The van der Waals surface area contributed by atoms with Crippen molar-refractivity contribution in [3.05, 3.63) is 35.0 Å². The van der Waals surface area contributed by atoms with Crippen molar-refractivity contribution in [3.8, 4) is 5.75 Å². The largest absolute Gasteiger partial charge is 0.433 e. The number of carbonyl (C=O) groups is 1. The summed E-state index contributed by atoms with van der Waals surface area (Å²) in [4.78, 5) is 16.7. The molecular weight excluding hydrogens is 461 g/mol. The van der Waals surface area contributed by atoms with Gasteiger partial charge in [0.05, 0.1) is 22.7 Å². The van der Waals surface area contributed by atoms with Gasteiger partial charge in [0, 0.05) is 31.2 Å². The fourth-order valence-corrected chi connectivity index (χ4v) is 3.86. The first-order valence-corrected chi connectivity index (χ1v) is 10.2. The molecule has 3 rings (SSSR count). The number of aliphatic hydroxyl groups is 1. The Morgan fingerprint density at radius 2 is 1.88 bits per heavy atom. The summed E-state index contributed by atoms with van der Waals surface area (Å²) in [5.74, 6) is -0.637. The average Bonchev–Trinajstić information content (AvgIpc) is 2.72. The summed E-state index contributed by atoms with van der Waals surface area (Å²) in [5.41, 5.74) is 0.546. The summed E-state index contributed by atoms with van der Waals surface area (Å²) in [6.07, 6.45) is -1.47. The SMILES string of the molecule is O=C(NC1CCC(N[C@@H](CO)C(F)(F)F)CC1)c1cnc2cc(OC(F)F)c(Cl)cc2c1.[HH]. The van der Waals surface area contributed by atoms with Gasteiger partial charge in [0.1, 0.15) is 11.8 Å². The van der Waals surface area contributed by atoms with E-state index >= 15 is 0 Å². The van der Waals surface area contributed by atoms with E-state index in [1.807, 2.05) is 0 Å². The van der Waals surface area contributed by atoms with E-state index in [4.69, 9.17) is 16.7 Å². The van der Waals surface area contributed by atoms with Gasteiger partial charge in [-0.15, -0.1) is 0 Å². The molecule has 0 spiro atoms. The van der Waals surface area contributed by atoms with Crippen LogP contribution in [0.2, 0.25) is 5.02 Å². The number of hydrogen-bond donors (Lipinski definition) is 3. The van der Waals surface area contributed by atoms with Gasteiger partial charge in [0.15, 0.2) is 0 Å². The first kappa shape index (κ1) is 24.4. The van der Waals surface area contributed by atoms with Crippen molar-refractivity contribution < 1.29 is 38.0 Å². The predicted molar refractivity (Wildman–Crippen MR) is 109 cm³/mol. The molecule has 1 aliphatic carbocycles. The highest BCUT2D eigenvalue weighted by molar-refractivity contribution is 6.32. The minimum absolute atomic E-state index is 0. The van der Waals surface area contributed by atoms with Crippen LogP contribution in [-0.4, -0.2) is 53.5 Å². The number of ether oxygens (including phenoxy) is 1. The Labute approximate surface area is 186 Å². The molecule has 1 aromatic carbocycles. The lowest BCUT2D eigenvalue weighted by Crippen LogP contribution is -2.51. The predicted octanol–water partition coefficient (Wildman–Crippen LogP) is 4.29. The highest BCUT2D eigenvalue weighted by Crippen LogP contribution is 2.31. The molecule has 0 saturated heterocycles. The monoisotopic (exact) mass is 483 g/mol. The number of aromatic nitrogens is 1. The molecule has 0 bridgehead atoms. The van der Waals surface area contributed by atoms with Gasteiger partial charge in [-0.2, -0.15) is 22.0 Å². The third-order valence-electron chi connectivity index (χ3n) is 5.29. The number of amides is 1. The topological polar surface area (TPSA) is 83.5 Å². The van der Waals surface area contributed by atoms with Gasteiger partial charge in [-0.05, 0) is 37.8 Å². The minimum atomic E-state index is -4.53. The molecule has 1 saturated carbocycles. The smallest absolute Gasteiger partial charge is 0.406 e. The Morgan fingerprint density at radius 3 is 2.47 bits per heavy atom. The Morgan fingerprint density at radius 1 is 1.22 bits per heavy atom. The Balaban J connectivity index is 0.00000385. The van der Waals surface area contributed by atoms with Crippen molar-refractivity contribution in [3.63, 3.8) is 0 Å². The van der Waals surface area contributed by atoms with Crippen molar-refractivity contribution in [2.75, 3.05) is 6.61 Å². The third kappa shape index (κ3) is 6.17. The maximum absolute atomic E-state index is 12.8. The van der Waals surface area contributed by atoms with Crippen LogP contribution < -0.4 is 15.4 Å². The molecule has 1 amide bonds. The van der Waals surface area contributed by atoms with Gasteiger partial charge in [-0.3, -0.25) is 9.78 Å². The van der Waals surface area contributed by atoms with Crippen molar-refractivity contribution in [2.45, 2.75) is 56.6 Å². The van der Waals surface area contributed by atoms with Crippen LogP contribution in [0.15, 0.2) is 24.4 Å². The van der Waals surface area contributed by atoms with E-state index in [2.05, 4.69) is 20.4 Å². The summed E-state index contributed by atoms with van der Waals surface area (Å²) in [6, 6.07) is 1.53. The van der Waals surface area contributed by atoms with E-state index in [0.717, 1.165) is 0 Å². The van der Waals surface area contributed by atoms with Crippen LogP contribution in [0.25, 0.3) is 10.9 Å². The second-order valence-corrected chi connectivity index (χ2v) is 7.95. The molecule has 32 heavy (non-hydrogen) atoms. The Bertz CT molecular complexity index is 958. The molecule has 1 fully saturated rings. The lowest BCUT2D eigenvalue weighted by Gasteiger charge is -2.32. The summed E-state index contributed by atoms with van der Waals surface area (Å²) >= 11 is 5.94. The number of nitrogens with one attached hydrogen (secondary N) is 2. The lowest BCUT2D eigenvalue weighted by molar-refractivity contribution is -0.166. The zero-order valence-corrected chi connectivity index (χ0v) is 17.4. The molecule has 0 unspecified atom stereocenters. The summed E-state index contributed by atoms with van der Waals surface area (Å²) in [5, 5.41) is 14.6. The van der Waals surface area contributed by atoms with E-state index in [1.54, 1.807) is 0 Å². The number of fused-ring (bicyclic) bond motifs is 1. The van der Waals surface area contributed by atoms with Crippen molar-refractivity contribution >= 4 is 28.4 Å². The first-order chi connectivity index (χ1) is 15.1. The number of halogens is 6. The summed E-state index contributed by atoms with van der Waals surface area (Å²) in [6.45, 7) is -4.07. The zero-order valence-electron chi connectivity index (χ0n) is 16.6. The van der Waals surface area contributed by atoms with Crippen molar-refractivity contribution in [1.82, 2.24) is 15.6 Å².